The van der Waals surface area contributed by atoms with Gasteiger partial charge in [-0.1, -0.05) is 13.5 Å². The molecule has 0 aromatic carbocycles. The second kappa shape index (κ2) is 12.1. The molecule has 232 valence electrons. The molecule has 13 nitrogen and oxygen atoms in total. The van der Waals surface area contributed by atoms with Crippen LogP contribution in [0.4, 0.5) is 0 Å². The van der Waals surface area contributed by atoms with Gasteiger partial charge in [-0.3, -0.25) is 0 Å². The van der Waals surface area contributed by atoms with Crippen molar-refractivity contribution in [1.29, 1.82) is 0 Å². The molecule has 0 unspecified atom stereocenters. The molecule has 0 amide bonds. The number of hydrogen-bond donors (Lipinski definition) is 9. The minimum Gasteiger partial charge on any atom is -0.394 e. The summed E-state index contributed by atoms with van der Waals surface area (Å²) in [6.45, 7) is 8.78. The van der Waals surface area contributed by atoms with Crippen LogP contribution >= 0.6 is 0 Å². The highest BCUT2D eigenvalue weighted by molar-refractivity contribution is 5.20. The van der Waals surface area contributed by atoms with Crippen LogP contribution in [-0.2, 0) is 18.9 Å². The number of rotatable bonds is 7. The van der Waals surface area contributed by atoms with Gasteiger partial charge in [-0.15, -0.1) is 0 Å². The summed E-state index contributed by atoms with van der Waals surface area (Å²) in [5.41, 5.74) is -0.661. The third-order valence-electron chi connectivity index (χ3n) is 9.68. The lowest BCUT2D eigenvalue weighted by Gasteiger charge is -2.55. The van der Waals surface area contributed by atoms with Crippen LogP contribution in [-0.4, -0.2) is 138 Å². The smallest absolute Gasteiger partial charge is 0.187 e. The minimum absolute atomic E-state index is 0.0650. The molecule has 0 bridgehead atoms. The van der Waals surface area contributed by atoms with Crippen molar-refractivity contribution in [2.24, 2.45) is 17.3 Å². The highest BCUT2D eigenvalue weighted by Gasteiger charge is 2.55. The predicted molar refractivity (Wildman–Crippen MR) is 136 cm³/mol. The summed E-state index contributed by atoms with van der Waals surface area (Å²) in [6.07, 6.45) is -13.6. The summed E-state index contributed by atoms with van der Waals surface area (Å²) in [4.78, 5) is 0. The molecule has 15 atom stereocenters. The van der Waals surface area contributed by atoms with E-state index in [4.69, 9.17) is 18.9 Å². The standard InChI is InChI=1S/C27H46O13/c1-11-13-7-12(26(2,3)40-25-23(36)21(34)19(32)16(10-29)39-25)5-6-27(13,4)8-14(17(11)30)37-24-22(35)20(33)18(31)15(9-28)38-24/h12-25,28-36H,1,5-10H2,2-4H3/t12-,13-,14+,15+,16+,17+,18+,19+,20-,21-,22+,23+,24+,25-,27+/m1/s1. The Balaban J connectivity index is 1.43. The van der Waals surface area contributed by atoms with Crippen LogP contribution in [0.1, 0.15) is 46.5 Å². The van der Waals surface area contributed by atoms with Crippen molar-refractivity contribution in [3.63, 3.8) is 0 Å². The van der Waals surface area contributed by atoms with E-state index in [0.717, 1.165) is 0 Å². The molecule has 0 radical (unpaired) electrons. The van der Waals surface area contributed by atoms with Gasteiger partial charge < -0.3 is 64.9 Å². The minimum atomic E-state index is -1.59. The first-order valence-corrected chi connectivity index (χ1v) is 14.0. The zero-order valence-corrected chi connectivity index (χ0v) is 23.2. The van der Waals surface area contributed by atoms with Gasteiger partial charge in [0.15, 0.2) is 12.6 Å². The lowest BCUT2D eigenvalue weighted by atomic mass is 9.54. The number of fused-ring (bicyclic) bond motifs is 1. The lowest BCUT2D eigenvalue weighted by molar-refractivity contribution is -0.331. The van der Waals surface area contributed by atoms with Gasteiger partial charge in [-0.2, -0.15) is 0 Å². The van der Waals surface area contributed by atoms with Crippen molar-refractivity contribution in [3.8, 4) is 0 Å². The van der Waals surface area contributed by atoms with Crippen LogP contribution in [0.5, 0.6) is 0 Å². The summed E-state index contributed by atoms with van der Waals surface area (Å²) < 4.78 is 23.1. The van der Waals surface area contributed by atoms with Gasteiger partial charge in [0, 0.05) is 0 Å². The first-order valence-electron chi connectivity index (χ1n) is 14.0. The van der Waals surface area contributed by atoms with Crippen LogP contribution in [0.15, 0.2) is 12.2 Å². The number of hydrogen-bond acceptors (Lipinski definition) is 13. The van der Waals surface area contributed by atoms with Crippen molar-refractivity contribution in [2.45, 2.75) is 126 Å². The zero-order valence-electron chi connectivity index (χ0n) is 23.2. The molecule has 2 aliphatic carbocycles. The van der Waals surface area contributed by atoms with E-state index in [9.17, 15) is 46.0 Å². The molecular weight excluding hydrogens is 532 g/mol. The second-order valence-electron chi connectivity index (χ2n) is 12.7. The van der Waals surface area contributed by atoms with E-state index in [1.54, 1.807) is 0 Å². The Morgan fingerprint density at radius 3 is 1.93 bits per heavy atom. The number of aliphatic hydroxyl groups is 9. The van der Waals surface area contributed by atoms with E-state index in [1.165, 1.54) is 0 Å². The average Bonchev–Trinajstić information content (AvgIpc) is 2.91. The molecule has 2 saturated heterocycles. The maximum absolute atomic E-state index is 11.2. The van der Waals surface area contributed by atoms with Crippen molar-refractivity contribution >= 4 is 0 Å². The summed E-state index contributed by atoms with van der Waals surface area (Å²) >= 11 is 0. The lowest BCUT2D eigenvalue weighted by Crippen LogP contribution is -2.62. The Bertz CT molecular complexity index is 882. The summed E-state index contributed by atoms with van der Waals surface area (Å²) in [7, 11) is 0. The predicted octanol–water partition coefficient (Wildman–Crippen LogP) is -2.49. The van der Waals surface area contributed by atoms with Gasteiger partial charge in [-0.25, -0.2) is 0 Å². The fraction of sp³-hybridized carbons (Fsp3) is 0.926. The molecular formula is C27H46O13. The molecule has 2 aliphatic heterocycles. The Kier molecular flexibility index (Phi) is 9.70. The summed E-state index contributed by atoms with van der Waals surface area (Å²) in [6, 6.07) is 0. The van der Waals surface area contributed by atoms with Gasteiger partial charge in [0.1, 0.15) is 54.9 Å². The highest BCUT2D eigenvalue weighted by Crippen LogP contribution is 2.56. The molecule has 0 spiro atoms. The van der Waals surface area contributed by atoms with Crippen LogP contribution < -0.4 is 0 Å². The van der Waals surface area contributed by atoms with Gasteiger partial charge in [0.05, 0.1) is 24.9 Å². The van der Waals surface area contributed by atoms with Gasteiger partial charge >= 0.3 is 0 Å². The first-order chi connectivity index (χ1) is 18.6. The van der Waals surface area contributed by atoms with E-state index in [0.29, 0.717) is 31.3 Å². The first kappa shape index (κ1) is 32.1. The van der Waals surface area contributed by atoms with E-state index >= 15 is 0 Å². The third-order valence-corrected chi connectivity index (χ3v) is 9.68. The molecule has 2 saturated carbocycles. The molecule has 0 aromatic rings. The largest absolute Gasteiger partial charge is 0.394 e. The van der Waals surface area contributed by atoms with Crippen LogP contribution in [0.3, 0.4) is 0 Å². The van der Waals surface area contributed by atoms with E-state index < -0.39 is 92.4 Å². The molecule has 9 N–H and O–H groups in total. The quantitative estimate of drug-likeness (QED) is 0.113. The van der Waals surface area contributed by atoms with Crippen LogP contribution in [0.2, 0.25) is 0 Å². The van der Waals surface area contributed by atoms with E-state index in [-0.39, 0.29) is 17.3 Å². The molecule has 40 heavy (non-hydrogen) atoms. The summed E-state index contributed by atoms with van der Waals surface area (Å²) in [5, 5.41) is 91.4. The molecule has 4 aliphatic rings. The van der Waals surface area contributed by atoms with E-state index in [2.05, 4.69) is 13.5 Å². The molecule has 13 heteroatoms. The topological polar surface area (TPSA) is 219 Å². The average molecular weight is 579 g/mol. The van der Waals surface area contributed by atoms with E-state index in [1.807, 2.05) is 13.8 Å². The van der Waals surface area contributed by atoms with Gasteiger partial charge in [0.25, 0.3) is 0 Å². The third kappa shape index (κ3) is 5.87. The molecule has 4 fully saturated rings. The van der Waals surface area contributed by atoms with Crippen molar-refractivity contribution in [2.75, 3.05) is 13.2 Å². The number of ether oxygens (including phenoxy) is 4. The van der Waals surface area contributed by atoms with Gasteiger partial charge in [-0.05, 0) is 62.4 Å². The van der Waals surface area contributed by atoms with Crippen molar-refractivity contribution in [1.82, 2.24) is 0 Å². The zero-order chi connectivity index (χ0) is 29.7. The second-order valence-corrected chi connectivity index (χ2v) is 12.7. The van der Waals surface area contributed by atoms with Crippen LogP contribution in [0, 0.1) is 17.3 Å². The summed E-state index contributed by atoms with van der Waals surface area (Å²) in [5.74, 6) is -0.196. The maximum Gasteiger partial charge on any atom is 0.187 e. The highest BCUT2D eigenvalue weighted by atomic mass is 16.7. The Morgan fingerprint density at radius 1 is 0.850 bits per heavy atom. The van der Waals surface area contributed by atoms with Gasteiger partial charge in [0.2, 0.25) is 0 Å². The van der Waals surface area contributed by atoms with Crippen molar-refractivity contribution < 1.29 is 64.9 Å². The Labute approximate surface area is 233 Å². The molecule has 2 heterocycles. The monoisotopic (exact) mass is 578 g/mol. The fourth-order valence-electron chi connectivity index (χ4n) is 6.89. The normalized spacial score (nSPS) is 50.5. The molecule has 0 aromatic heterocycles. The maximum atomic E-state index is 11.2. The fourth-order valence-corrected chi connectivity index (χ4v) is 6.89. The Morgan fingerprint density at radius 2 is 1.38 bits per heavy atom. The Hall–Kier alpha value is -0.780. The van der Waals surface area contributed by atoms with Crippen LogP contribution in [0.25, 0.3) is 0 Å². The molecule has 4 rings (SSSR count). The SMILES string of the molecule is C=C1[C@H]2C[C@H](C(C)(C)O[C@H]3O[C@@H](CO)[C@H](O)[C@@H](O)[C@@H]3O)CC[C@@]2(C)C[C@H](O[C@H]2O[C@@H](CO)[C@H](O)[C@@H](O)[C@@H]2O)[C@H]1O. The van der Waals surface area contributed by atoms with Crippen molar-refractivity contribution in [3.05, 3.63) is 12.2 Å². The number of aliphatic hydroxyl groups excluding tert-OH is 9.